The van der Waals surface area contributed by atoms with E-state index in [4.69, 9.17) is 11.6 Å². The van der Waals surface area contributed by atoms with E-state index in [-0.39, 0.29) is 29.3 Å². The standard InChI is InChI=1S/C13H17ClFNO2S/c1-8-5-10(11(14)6-12(8)15)13(16-2)9-3-4-19(17,18)7-9/h5-6,9,13,16H,3-4,7H2,1-2H3. The number of halogens is 2. The van der Waals surface area contributed by atoms with Gasteiger partial charge in [-0.2, -0.15) is 0 Å². The molecule has 3 nitrogen and oxygen atoms in total. The molecule has 1 saturated heterocycles. The molecule has 1 N–H and O–H groups in total. The van der Waals surface area contributed by atoms with E-state index in [9.17, 15) is 12.8 Å². The van der Waals surface area contributed by atoms with Crippen LogP contribution in [-0.4, -0.2) is 27.0 Å². The molecule has 0 spiro atoms. The van der Waals surface area contributed by atoms with Crippen LogP contribution in [0.2, 0.25) is 5.02 Å². The summed E-state index contributed by atoms with van der Waals surface area (Å²) in [4.78, 5) is 0. The highest BCUT2D eigenvalue weighted by atomic mass is 35.5. The Bertz CT molecular complexity index is 589. The quantitative estimate of drug-likeness (QED) is 0.933. The topological polar surface area (TPSA) is 46.2 Å². The zero-order valence-corrected chi connectivity index (χ0v) is 12.5. The maximum absolute atomic E-state index is 13.4. The fourth-order valence-corrected chi connectivity index (χ4v) is 4.76. The largest absolute Gasteiger partial charge is 0.313 e. The van der Waals surface area contributed by atoms with Crippen LogP contribution in [0, 0.1) is 18.7 Å². The number of rotatable bonds is 3. The third kappa shape index (κ3) is 3.09. The molecule has 6 heteroatoms. The minimum Gasteiger partial charge on any atom is -0.313 e. The van der Waals surface area contributed by atoms with Crippen LogP contribution in [0.3, 0.4) is 0 Å². The summed E-state index contributed by atoms with van der Waals surface area (Å²) < 4.78 is 36.6. The Morgan fingerprint density at radius 3 is 2.68 bits per heavy atom. The van der Waals surface area contributed by atoms with Crippen LogP contribution in [0.5, 0.6) is 0 Å². The van der Waals surface area contributed by atoms with Crippen LogP contribution in [0.15, 0.2) is 12.1 Å². The van der Waals surface area contributed by atoms with E-state index < -0.39 is 9.84 Å². The van der Waals surface area contributed by atoms with Gasteiger partial charge in [-0.05, 0) is 43.5 Å². The molecule has 0 amide bonds. The van der Waals surface area contributed by atoms with E-state index in [1.54, 1.807) is 20.0 Å². The molecule has 2 atom stereocenters. The molecule has 0 saturated carbocycles. The van der Waals surface area contributed by atoms with Gasteiger partial charge in [0.05, 0.1) is 11.5 Å². The zero-order chi connectivity index (χ0) is 14.2. The Hall–Kier alpha value is -0.650. The predicted molar refractivity (Wildman–Crippen MR) is 74.7 cm³/mol. The fourth-order valence-electron chi connectivity index (χ4n) is 2.65. The van der Waals surface area contributed by atoms with Crippen molar-refractivity contribution in [3.8, 4) is 0 Å². The van der Waals surface area contributed by atoms with E-state index in [2.05, 4.69) is 5.32 Å². The van der Waals surface area contributed by atoms with Crippen LogP contribution >= 0.6 is 11.6 Å². The molecule has 0 aliphatic carbocycles. The first kappa shape index (κ1) is 14.8. The average Bonchev–Trinajstić information content (AvgIpc) is 2.67. The monoisotopic (exact) mass is 305 g/mol. The van der Waals surface area contributed by atoms with Crippen LogP contribution in [0.1, 0.15) is 23.6 Å². The summed E-state index contributed by atoms with van der Waals surface area (Å²) in [6.07, 6.45) is 0.612. The number of aryl methyl sites for hydroxylation is 1. The van der Waals surface area contributed by atoms with Gasteiger partial charge in [0.1, 0.15) is 5.82 Å². The second kappa shape index (κ2) is 5.38. The fraction of sp³-hybridized carbons (Fsp3) is 0.538. The molecule has 19 heavy (non-hydrogen) atoms. The van der Waals surface area contributed by atoms with Gasteiger partial charge in [-0.15, -0.1) is 0 Å². The maximum atomic E-state index is 13.4. The molecular weight excluding hydrogens is 289 g/mol. The molecule has 106 valence electrons. The highest BCUT2D eigenvalue weighted by Gasteiger charge is 2.34. The molecule has 1 fully saturated rings. The van der Waals surface area contributed by atoms with E-state index in [1.807, 2.05) is 0 Å². The lowest BCUT2D eigenvalue weighted by atomic mass is 9.91. The first-order chi connectivity index (χ1) is 8.84. The molecule has 2 rings (SSSR count). The van der Waals surface area contributed by atoms with Crippen LogP contribution < -0.4 is 5.32 Å². The number of benzene rings is 1. The SMILES string of the molecule is CNC(c1cc(C)c(F)cc1Cl)C1CCS(=O)(=O)C1. The first-order valence-electron chi connectivity index (χ1n) is 6.17. The lowest BCUT2D eigenvalue weighted by Crippen LogP contribution is -2.26. The zero-order valence-electron chi connectivity index (χ0n) is 10.9. The summed E-state index contributed by atoms with van der Waals surface area (Å²) in [5.74, 6) is 0.0128. The lowest BCUT2D eigenvalue weighted by Gasteiger charge is -2.24. The number of hydrogen-bond donors (Lipinski definition) is 1. The van der Waals surface area contributed by atoms with Crippen molar-refractivity contribution >= 4 is 21.4 Å². The minimum atomic E-state index is -2.95. The van der Waals surface area contributed by atoms with Gasteiger partial charge in [0, 0.05) is 11.1 Å². The third-order valence-electron chi connectivity index (χ3n) is 3.66. The second-order valence-corrected chi connectivity index (χ2v) is 7.69. The molecule has 2 unspecified atom stereocenters. The lowest BCUT2D eigenvalue weighted by molar-refractivity contribution is 0.418. The van der Waals surface area contributed by atoms with E-state index in [0.29, 0.717) is 17.0 Å². The van der Waals surface area contributed by atoms with Gasteiger partial charge >= 0.3 is 0 Å². The number of nitrogens with one attached hydrogen (secondary N) is 1. The van der Waals surface area contributed by atoms with Gasteiger partial charge < -0.3 is 5.32 Å². The van der Waals surface area contributed by atoms with Gasteiger partial charge in [0.25, 0.3) is 0 Å². The van der Waals surface area contributed by atoms with E-state index in [1.165, 1.54) is 6.07 Å². The smallest absolute Gasteiger partial charge is 0.150 e. The Morgan fingerprint density at radius 2 is 2.16 bits per heavy atom. The van der Waals surface area contributed by atoms with Crippen molar-refractivity contribution in [1.29, 1.82) is 0 Å². The van der Waals surface area contributed by atoms with Gasteiger partial charge in [-0.25, -0.2) is 12.8 Å². The Morgan fingerprint density at radius 1 is 1.47 bits per heavy atom. The summed E-state index contributed by atoms with van der Waals surface area (Å²) in [5.41, 5.74) is 1.28. The van der Waals surface area contributed by atoms with Gasteiger partial charge in [-0.3, -0.25) is 0 Å². The number of sulfone groups is 1. The van der Waals surface area contributed by atoms with Crippen molar-refractivity contribution in [2.75, 3.05) is 18.6 Å². The van der Waals surface area contributed by atoms with Crippen molar-refractivity contribution in [3.63, 3.8) is 0 Å². The molecule has 1 aliphatic rings. The second-order valence-electron chi connectivity index (χ2n) is 5.05. The molecule has 1 aliphatic heterocycles. The van der Waals surface area contributed by atoms with Gasteiger partial charge in [-0.1, -0.05) is 17.7 Å². The Labute approximate surface area is 118 Å². The highest BCUT2D eigenvalue weighted by molar-refractivity contribution is 7.91. The molecule has 0 bridgehead atoms. The van der Waals surface area contributed by atoms with Crippen molar-refractivity contribution in [3.05, 3.63) is 34.1 Å². The third-order valence-corrected chi connectivity index (χ3v) is 5.78. The van der Waals surface area contributed by atoms with Crippen LogP contribution in [0.25, 0.3) is 0 Å². The maximum Gasteiger partial charge on any atom is 0.150 e. The molecular formula is C13H17ClFNO2S. The Kier molecular flexibility index (Phi) is 4.18. The van der Waals surface area contributed by atoms with Crippen LogP contribution in [-0.2, 0) is 9.84 Å². The molecule has 1 heterocycles. The predicted octanol–water partition coefficient (Wildman–Crippen LogP) is 2.48. The van der Waals surface area contributed by atoms with Crippen molar-refractivity contribution in [2.45, 2.75) is 19.4 Å². The average molecular weight is 306 g/mol. The minimum absolute atomic E-state index is 0.0163. The summed E-state index contributed by atoms with van der Waals surface area (Å²) in [6, 6.07) is 2.83. The van der Waals surface area contributed by atoms with Crippen molar-refractivity contribution in [1.82, 2.24) is 5.32 Å². The highest BCUT2D eigenvalue weighted by Crippen LogP contribution is 2.35. The summed E-state index contributed by atoms with van der Waals surface area (Å²) in [7, 11) is -1.18. The molecule has 0 aromatic heterocycles. The van der Waals surface area contributed by atoms with E-state index >= 15 is 0 Å². The van der Waals surface area contributed by atoms with Crippen molar-refractivity contribution < 1.29 is 12.8 Å². The summed E-state index contributed by atoms with van der Waals surface area (Å²) >= 11 is 6.10. The van der Waals surface area contributed by atoms with Gasteiger partial charge in [0.15, 0.2) is 9.84 Å². The number of hydrogen-bond acceptors (Lipinski definition) is 3. The Balaban J connectivity index is 2.35. The van der Waals surface area contributed by atoms with Crippen molar-refractivity contribution in [2.24, 2.45) is 5.92 Å². The molecule has 1 aromatic rings. The first-order valence-corrected chi connectivity index (χ1v) is 8.37. The van der Waals surface area contributed by atoms with Gasteiger partial charge in [0.2, 0.25) is 0 Å². The van der Waals surface area contributed by atoms with Crippen LogP contribution in [0.4, 0.5) is 4.39 Å². The van der Waals surface area contributed by atoms with E-state index in [0.717, 1.165) is 5.56 Å². The molecule has 1 aromatic carbocycles. The normalized spacial score (nSPS) is 23.5. The summed E-state index contributed by atoms with van der Waals surface area (Å²) in [5, 5.41) is 3.45. The molecule has 0 radical (unpaired) electrons. The summed E-state index contributed by atoms with van der Waals surface area (Å²) in [6.45, 7) is 1.67.